The second kappa shape index (κ2) is 7.85. The van der Waals surface area contributed by atoms with Crippen LogP contribution in [0.1, 0.15) is 22.8 Å². The molecule has 0 aliphatic heterocycles. The van der Waals surface area contributed by atoms with Gasteiger partial charge in [-0.05, 0) is 48.9 Å². The van der Waals surface area contributed by atoms with Crippen LogP contribution in [-0.4, -0.2) is 22.7 Å². The van der Waals surface area contributed by atoms with Gasteiger partial charge in [-0.15, -0.1) is 10.2 Å². The van der Waals surface area contributed by atoms with Crippen LogP contribution in [0.3, 0.4) is 0 Å². The first kappa shape index (κ1) is 17.0. The van der Waals surface area contributed by atoms with Crippen molar-refractivity contribution in [2.75, 3.05) is 6.61 Å². The standard InChI is InChI=1S/C18H17N3O3S/c1-2-23-15-9-7-14(8-10-15)17-20-21-18(24-17)25-11-12-3-5-13(6-4-12)16(19)22/h3-10H,2,11H2,1H3,(H2,19,22). The molecular weight excluding hydrogens is 338 g/mol. The van der Waals surface area contributed by atoms with Gasteiger partial charge in [-0.1, -0.05) is 23.9 Å². The molecule has 0 aliphatic rings. The molecule has 0 radical (unpaired) electrons. The lowest BCUT2D eigenvalue weighted by molar-refractivity contribution is 0.100. The maximum atomic E-state index is 11.1. The second-order valence-electron chi connectivity index (χ2n) is 5.18. The molecule has 3 rings (SSSR count). The Morgan fingerprint density at radius 1 is 1.12 bits per heavy atom. The second-order valence-corrected chi connectivity index (χ2v) is 6.11. The van der Waals surface area contributed by atoms with E-state index in [1.165, 1.54) is 11.8 Å². The molecule has 1 amide bonds. The van der Waals surface area contributed by atoms with Gasteiger partial charge in [0.05, 0.1) is 6.61 Å². The summed E-state index contributed by atoms with van der Waals surface area (Å²) in [5.41, 5.74) is 7.60. The van der Waals surface area contributed by atoms with Gasteiger partial charge in [0.2, 0.25) is 11.8 Å². The van der Waals surface area contributed by atoms with Gasteiger partial charge in [0.25, 0.3) is 5.22 Å². The lowest BCUT2D eigenvalue weighted by atomic mass is 10.1. The van der Waals surface area contributed by atoms with Gasteiger partial charge in [0.1, 0.15) is 5.75 Å². The van der Waals surface area contributed by atoms with Crippen molar-refractivity contribution in [2.24, 2.45) is 5.73 Å². The van der Waals surface area contributed by atoms with Crippen molar-refractivity contribution < 1.29 is 13.9 Å². The number of benzene rings is 2. The molecule has 25 heavy (non-hydrogen) atoms. The molecule has 6 nitrogen and oxygen atoms in total. The molecule has 0 fully saturated rings. The van der Waals surface area contributed by atoms with Gasteiger partial charge in [-0.25, -0.2) is 0 Å². The van der Waals surface area contributed by atoms with Crippen LogP contribution in [0.4, 0.5) is 0 Å². The molecule has 0 spiro atoms. The normalized spacial score (nSPS) is 10.6. The Kier molecular flexibility index (Phi) is 5.35. The fourth-order valence-electron chi connectivity index (χ4n) is 2.16. The van der Waals surface area contributed by atoms with Crippen LogP contribution in [0.5, 0.6) is 5.75 Å². The number of amides is 1. The summed E-state index contributed by atoms with van der Waals surface area (Å²) in [5.74, 6) is 1.50. The number of nitrogens with zero attached hydrogens (tertiary/aromatic N) is 2. The summed E-state index contributed by atoms with van der Waals surface area (Å²) in [7, 11) is 0. The van der Waals surface area contributed by atoms with Crippen molar-refractivity contribution in [3.05, 3.63) is 59.7 Å². The number of thioether (sulfide) groups is 1. The van der Waals surface area contributed by atoms with E-state index in [2.05, 4.69) is 10.2 Å². The van der Waals surface area contributed by atoms with E-state index in [-0.39, 0.29) is 0 Å². The molecule has 1 aromatic heterocycles. The van der Waals surface area contributed by atoms with E-state index in [4.69, 9.17) is 14.9 Å². The number of carbonyl (C=O) groups is 1. The van der Waals surface area contributed by atoms with Crippen LogP contribution in [0.25, 0.3) is 11.5 Å². The molecule has 2 N–H and O–H groups in total. The Balaban J connectivity index is 1.62. The highest BCUT2D eigenvalue weighted by Crippen LogP contribution is 2.26. The van der Waals surface area contributed by atoms with Gasteiger partial charge in [-0.3, -0.25) is 4.79 Å². The molecule has 0 saturated heterocycles. The number of hydrogen-bond acceptors (Lipinski definition) is 6. The summed E-state index contributed by atoms with van der Waals surface area (Å²) in [4.78, 5) is 11.1. The summed E-state index contributed by atoms with van der Waals surface area (Å²) < 4.78 is 11.1. The number of primary amides is 1. The predicted molar refractivity (Wildman–Crippen MR) is 95.4 cm³/mol. The van der Waals surface area contributed by atoms with Gasteiger partial charge >= 0.3 is 0 Å². The maximum absolute atomic E-state index is 11.1. The van der Waals surface area contributed by atoms with Gasteiger partial charge in [0.15, 0.2) is 0 Å². The third-order valence-corrected chi connectivity index (χ3v) is 4.31. The van der Waals surface area contributed by atoms with Crippen LogP contribution in [-0.2, 0) is 5.75 Å². The Morgan fingerprint density at radius 3 is 2.48 bits per heavy atom. The van der Waals surface area contributed by atoms with Gasteiger partial charge in [0, 0.05) is 16.9 Å². The van der Waals surface area contributed by atoms with E-state index < -0.39 is 5.91 Å². The van der Waals surface area contributed by atoms with Crippen LogP contribution >= 0.6 is 11.8 Å². The molecule has 1 heterocycles. The molecule has 0 unspecified atom stereocenters. The van der Waals surface area contributed by atoms with Crippen molar-refractivity contribution in [3.63, 3.8) is 0 Å². The lowest BCUT2D eigenvalue weighted by Crippen LogP contribution is -2.10. The highest BCUT2D eigenvalue weighted by Gasteiger charge is 2.10. The highest BCUT2D eigenvalue weighted by molar-refractivity contribution is 7.98. The minimum Gasteiger partial charge on any atom is -0.494 e. The zero-order valence-corrected chi connectivity index (χ0v) is 14.5. The number of carbonyl (C=O) groups excluding carboxylic acids is 1. The molecule has 128 valence electrons. The molecule has 0 saturated carbocycles. The zero-order valence-electron chi connectivity index (χ0n) is 13.6. The molecule has 0 bridgehead atoms. The van der Waals surface area contributed by atoms with Crippen LogP contribution in [0, 0.1) is 0 Å². The van der Waals surface area contributed by atoms with Gasteiger partial charge in [-0.2, -0.15) is 0 Å². The Morgan fingerprint density at radius 2 is 1.84 bits per heavy atom. The monoisotopic (exact) mass is 355 g/mol. The summed E-state index contributed by atoms with van der Waals surface area (Å²) >= 11 is 1.43. The first-order chi connectivity index (χ1) is 12.2. The van der Waals surface area contributed by atoms with E-state index in [0.29, 0.717) is 29.0 Å². The third-order valence-electron chi connectivity index (χ3n) is 3.42. The van der Waals surface area contributed by atoms with Crippen LogP contribution in [0.2, 0.25) is 0 Å². The summed E-state index contributed by atoms with van der Waals surface area (Å²) in [6, 6.07) is 14.6. The predicted octanol–water partition coefficient (Wildman–Crippen LogP) is 3.53. The van der Waals surface area contributed by atoms with Crippen molar-refractivity contribution in [1.29, 1.82) is 0 Å². The maximum Gasteiger partial charge on any atom is 0.277 e. The largest absolute Gasteiger partial charge is 0.494 e. The van der Waals surface area contributed by atoms with Crippen molar-refractivity contribution >= 4 is 17.7 Å². The lowest BCUT2D eigenvalue weighted by Gasteiger charge is -2.02. The number of nitrogens with two attached hydrogens (primary N) is 1. The molecule has 7 heteroatoms. The quantitative estimate of drug-likeness (QED) is 0.652. The van der Waals surface area contributed by atoms with Crippen molar-refractivity contribution in [2.45, 2.75) is 17.9 Å². The van der Waals surface area contributed by atoms with E-state index >= 15 is 0 Å². The fourth-order valence-corrected chi connectivity index (χ4v) is 2.87. The summed E-state index contributed by atoms with van der Waals surface area (Å²) in [6.07, 6.45) is 0. The average molecular weight is 355 g/mol. The number of ether oxygens (including phenoxy) is 1. The van der Waals surface area contributed by atoms with E-state index in [9.17, 15) is 4.79 Å². The first-order valence-corrected chi connectivity index (χ1v) is 8.72. The smallest absolute Gasteiger partial charge is 0.277 e. The fraction of sp³-hybridized carbons (Fsp3) is 0.167. The molecule has 2 aromatic carbocycles. The van der Waals surface area contributed by atoms with E-state index in [1.807, 2.05) is 43.3 Å². The minimum absolute atomic E-state index is 0.434. The summed E-state index contributed by atoms with van der Waals surface area (Å²) in [5, 5.41) is 8.61. The Labute approximate surface area is 149 Å². The molecule has 0 aliphatic carbocycles. The molecular formula is C18H17N3O3S. The zero-order chi connectivity index (χ0) is 17.6. The number of hydrogen-bond donors (Lipinski definition) is 1. The SMILES string of the molecule is CCOc1ccc(-c2nnc(SCc3ccc(C(N)=O)cc3)o2)cc1. The average Bonchev–Trinajstić information content (AvgIpc) is 3.10. The Hall–Kier alpha value is -2.80. The van der Waals surface area contributed by atoms with Crippen LogP contribution < -0.4 is 10.5 Å². The minimum atomic E-state index is -0.434. The summed E-state index contributed by atoms with van der Waals surface area (Å²) in [6.45, 7) is 2.57. The van der Waals surface area contributed by atoms with E-state index in [0.717, 1.165) is 16.9 Å². The molecule has 3 aromatic rings. The van der Waals surface area contributed by atoms with Crippen molar-refractivity contribution in [3.8, 4) is 17.2 Å². The first-order valence-electron chi connectivity index (χ1n) is 7.74. The third kappa shape index (κ3) is 4.39. The van der Waals surface area contributed by atoms with Gasteiger partial charge < -0.3 is 14.9 Å². The highest BCUT2D eigenvalue weighted by atomic mass is 32.2. The van der Waals surface area contributed by atoms with E-state index in [1.54, 1.807) is 12.1 Å². The molecule has 0 atom stereocenters. The van der Waals surface area contributed by atoms with Crippen molar-refractivity contribution in [1.82, 2.24) is 10.2 Å². The number of aromatic nitrogens is 2. The Bertz CT molecular complexity index is 845. The topological polar surface area (TPSA) is 91.2 Å². The van der Waals surface area contributed by atoms with Crippen LogP contribution in [0.15, 0.2) is 58.2 Å². The number of rotatable bonds is 7.